The fraction of sp³-hybridized carbons (Fsp3) is 0.389. The average Bonchev–Trinajstić information content (AvgIpc) is 3.30. The lowest BCUT2D eigenvalue weighted by atomic mass is 9.99. The lowest BCUT2D eigenvalue weighted by Gasteiger charge is -2.30. The molecule has 0 spiro atoms. The Morgan fingerprint density at radius 1 is 1.37 bits per heavy atom. The zero-order valence-electron chi connectivity index (χ0n) is 16.1. The van der Waals surface area contributed by atoms with E-state index in [0.29, 0.717) is 40.1 Å². The first-order valence-electron chi connectivity index (χ1n) is 9.33. The van der Waals surface area contributed by atoms with Gasteiger partial charge in [0.15, 0.2) is 5.82 Å². The van der Waals surface area contributed by atoms with Gasteiger partial charge in [0.05, 0.1) is 12.8 Å². The molecule has 0 amide bonds. The van der Waals surface area contributed by atoms with Crippen molar-refractivity contribution >= 4 is 33.8 Å². The number of piperidine rings is 1. The number of benzene rings is 1. The molecule has 1 atom stereocenters. The van der Waals surface area contributed by atoms with E-state index in [0.717, 1.165) is 12.8 Å². The first-order chi connectivity index (χ1) is 14.2. The first-order valence-corrected chi connectivity index (χ1v) is 12.0. The van der Waals surface area contributed by atoms with Crippen LogP contribution >= 0.6 is 23.8 Å². The molecule has 8 nitrogen and oxygen atoms in total. The molecule has 3 aromatic rings. The van der Waals surface area contributed by atoms with Crippen LogP contribution in [0.2, 0.25) is 5.02 Å². The van der Waals surface area contributed by atoms with E-state index in [4.69, 9.17) is 23.8 Å². The first kappa shape index (κ1) is 21.2. The normalized spacial score (nSPS) is 18.0. The van der Waals surface area contributed by atoms with Gasteiger partial charge in [-0.2, -0.15) is 10.2 Å². The van der Waals surface area contributed by atoms with Gasteiger partial charge < -0.3 is 0 Å². The number of hydrogen-bond acceptors (Lipinski definition) is 5. The number of nitrogens with zero attached hydrogens (tertiary/aromatic N) is 5. The smallest absolute Gasteiger partial charge is 0.211 e. The minimum atomic E-state index is -3.28. The molecule has 1 aliphatic heterocycles. The summed E-state index contributed by atoms with van der Waals surface area (Å²) >= 11 is 11.5. The molecule has 3 heterocycles. The number of halogens is 2. The highest BCUT2D eigenvalue weighted by Crippen LogP contribution is 2.28. The summed E-state index contributed by atoms with van der Waals surface area (Å²) in [5.74, 6) is 0.631. The Kier molecular flexibility index (Phi) is 5.80. The van der Waals surface area contributed by atoms with Gasteiger partial charge in [-0.25, -0.2) is 17.1 Å². The van der Waals surface area contributed by atoms with Crippen LogP contribution in [0.1, 0.15) is 30.1 Å². The summed E-state index contributed by atoms with van der Waals surface area (Å²) in [5, 5.41) is 12.0. The molecule has 1 saturated heterocycles. The Balaban J connectivity index is 1.64. The maximum absolute atomic E-state index is 14.1. The lowest BCUT2D eigenvalue weighted by Crippen LogP contribution is -2.39. The molecule has 1 N–H and O–H groups in total. The van der Waals surface area contributed by atoms with Crippen molar-refractivity contribution in [3.8, 4) is 5.82 Å². The fourth-order valence-corrected chi connectivity index (χ4v) is 5.03. The summed E-state index contributed by atoms with van der Waals surface area (Å²) in [6.07, 6.45) is 4.44. The molecule has 160 valence electrons. The van der Waals surface area contributed by atoms with Crippen LogP contribution in [0.4, 0.5) is 4.39 Å². The van der Waals surface area contributed by atoms with E-state index in [9.17, 15) is 12.8 Å². The van der Waals surface area contributed by atoms with Crippen LogP contribution in [0.15, 0.2) is 30.5 Å². The molecule has 0 saturated carbocycles. The van der Waals surface area contributed by atoms with Gasteiger partial charge >= 0.3 is 0 Å². The molecule has 1 aliphatic rings. The molecule has 4 rings (SSSR count). The van der Waals surface area contributed by atoms with Crippen molar-refractivity contribution in [2.45, 2.75) is 25.3 Å². The van der Waals surface area contributed by atoms with Gasteiger partial charge in [-0.05, 0) is 37.2 Å². The van der Waals surface area contributed by atoms with E-state index in [2.05, 4.69) is 15.3 Å². The molecular formula is C18H20ClFN6O2S2. The maximum Gasteiger partial charge on any atom is 0.211 e. The zero-order valence-corrected chi connectivity index (χ0v) is 18.5. The monoisotopic (exact) mass is 470 g/mol. The summed E-state index contributed by atoms with van der Waals surface area (Å²) in [6, 6.07) is 6.29. The van der Waals surface area contributed by atoms with E-state index in [1.54, 1.807) is 33.6 Å². The second kappa shape index (κ2) is 8.22. The van der Waals surface area contributed by atoms with Gasteiger partial charge in [0.1, 0.15) is 11.6 Å². The Labute approximate surface area is 183 Å². The molecule has 1 fully saturated rings. The Bertz CT molecular complexity index is 1220. The topological polar surface area (TPSA) is 88.8 Å². The van der Waals surface area contributed by atoms with Gasteiger partial charge in [-0.3, -0.25) is 14.3 Å². The average molecular weight is 471 g/mol. The number of aromatic nitrogens is 5. The predicted molar refractivity (Wildman–Crippen MR) is 113 cm³/mol. The highest BCUT2D eigenvalue weighted by Gasteiger charge is 2.30. The molecule has 1 aromatic carbocycles. The van der Waals surface area contributed by atoms with Crippen molar-refractivity contribution in [3.63, 3.8) is 0 Å². The summed E-state index contributed by atoms with van der Waals surface area (Å²) < 4.78 is 43.1. The summed E-state index contributed by atoms with van der Waals surface area (Å²) in [5.41, 5.74) is 0.348. The number of rotatable bonds is 5. The van der Waals surface area contributed by atoms with Crippen molar-refractivity contribution in [3.05, 3.63) is 57.5 Å². The quantitative estimate of drug-likeness (QED) is 0.579. The third-order valence-electron chi connectivity index (χ3n) is 5.15. The van der Waals surface area contributed by atoms with E-state index in [-0.39, 0.29) is 12.5 Å². The molecule has 12 heteroatoms. The molecule has 0 bridgehead atoms. The van der Waals surface area contributed by atoms with E-state index in [1.807, 2.05) is 0 Å². The van der Waals surface area contributed by atoms with Crippen LogP contribution in [0, 0.1) is 10.6 Å². The minimum Gasteiger partial charge on any atom is -0.266 e. The molecule has 30 heavy (non-hydrogen) atoms. The van der Waals surface area contributed by atoms with Crippen molar-refractivity contribution in [2.75, 3.05) is 19.3 Å². The molecule has 2 aromatic heterocycles. The lowest BCUT2D eigenvalue weighted by molar-refractivity contribution is 0.309. The van der Waals surface area contributed by atoms with Crippen LogP contribution in [0.5, 0.6) is 0 Å². The zero-order chi connectivity index (χ0) is 21.5. The second-order valence-corrected chi connectivity index (χ2v) is 10.0. The van der Waals surface area contributed by atoms with Crippen molar-refractivity contribution in [1.82, 2.24) is 28.9 Å². The maximum atomic E-state index is 14.1. The van der Waals surface area contributed by atoms with Crippen LogP contribution < -0.4 is 0 Å². The van der Waals surface area contributed by atoms with Crippen molar-refractivity contribution in [2.24, 2.45) is 0 Å². The number of nitrogens with one attached hydrogen (secondary N) is 1. The fourth-order valence-electron chi connectivity index (χ4n) is 3.66. The van der Waals surface area contributed by atoms with E-state index in [1.165, 1.54) is 16.6 Å². The molecular weight excluding hydrogens is 451 g/mol. The predicted octanol–water partition coefficient (Wildman–Crippen LogP) is 3.11. The largest absolute Gasteiger partial charge is 0.266 e. The second-order valence-electron chi connectivity index (χ2n) is 7.25. The van der Waals surface area contributed by atoms with Gasteiger partial charge in [0, 0.05) is 41.9 Å². The molecule has 1 unspecified atom stereocenters. The highest BCUT2D eigenvalue weighted by molar-refractivity contribution is 7.88. The Morgan fingerprint density at radius 3 is 2.90 bits per heavy atom. The third kappa shape index (κ3) is 4.20. The summed E-state index contributed by atoms with van der Waals surface area (Å²) in [7, 11) is -3.28. The molecule has 0 aliphatic carbocycles. The minimum absolute atomic E-state index is 0.118. The van der Waals surface area contributed by atoms with Crippen LogP contribution in [0.3, 0.4) is 0 Å². The highest BCUT2D eigenvalue weighted by atomic mass is 35.5. The SMILES string of the molecule is CS(=O)(=O)N1CCCC(c2n[nH]c(=S)n2-c2ccn(Cc3c(F)cccc3Cl)n2)C1. The van der Waals surface area contributed by atoms with Gasteiger partial charge in [0.2, 0.25) is 14.8 Å². The molecule has 0 radical (unpaired) electrons. The van der Waals surface area contributed by atoms with Crippen LogP contribution in [-0.2, 0) is 16.6 Å². The number of aromatic amines is 1. The van der Waals surface area contributed by atoms with Crippen LogP contribution in [-0.4, -0.2) is 56.6 Å². The summed E-state index contributed by atoms with van der Waals surface area (Å²) in [6.45, 7) is 1.000. The Morgan fingerprint density at radius 2 is 2.17 bits per heavy atom. The van der Waals surface area contributed by atoms with E-state index < -0.39 is 15.8 Å². The number of H-pyrrole nitrogens is 1. The van der Waals surface area contributed by atoms with Gasteiger partial charge in [-0.15, -0.1) is 0 Å². The van der Waals surface area contributed by atoms with Gasteiger partial charge in [-0.1, -0.05) is 17.7 Å². The standard InChI is InChI=1S/C18H20ClFN6O2S2/c1-30(27,28)25-8-3-4-12(10-25)17-21-22-18(29)26(17)16-7-9-24(23-16)11-13-14(19)5-2-6-15(13)20/h2,5-7,9,12H,3-4,8,10-11H2,1H3,(H,22,29). The van der Waals surface area contributed by atoms with Crippen LogP contribution in [0.25, 0.3) is 5.82 Å². The van der Waals surface area contributed by atoms with Gasteiger partial charge in [0.25, 0.3) is 0 Å². The van der Waals surface area contributed by atoms with Crippen molar-refractivity contribution < 1.29 is 12.8 Å². The van der Waals surface area contributed by atoms with E-state index >= 15 is 0 Å². The summed E-state index contributed by atoms with van der Waals surface area (Å²) in [4.78, 5) is 0. The van der Waals surface area contributed by atoms with Crippen molar-refractivity contribution in [1.29, 1.82) is 0 Å². The number of sulfonamides is 1. The Hall–Kier alpha value is -2.08. The number of hydrogen-bond donors (Lipinski definition) is 1. The third-order valence-corrected chi connectivity index (χ3v) is 7.05.